The summed E-state index contributed by atoms with van der Waals surface area (Å²) in [6, 6.07) is 6.20. The number of aliphatic hydroxyl groups excluding tert-OH is 1. The molecule has 5 nitrogen and oxygen atoms in total. The van der Waals surface area contributed by atoms with Crippen LogP contribution in [0.15, 0.2) is 24.3 Å². The predicted octanol–water partition coefficient (Wildman–Crippen LogP) is 2.61. The number of carbonyl (C=O) groups excluding carboxylic acids is 1. The van der Waals surface area contributed by atoms with Gasteiger partial charge < -0.3 is 15.1 Å². The summed E-state index contributed by atoms with van der Waals surface area (Å²) < 4.78 is 12.9. The lowest BCUT2D eigenvalue weighted by atomic mass is 9.74. The van der Waals surface area contributed by atoms with Gasteiger partial charge in [-0.05, 0) is 43.4 Å². The molecule has 0 saturated carbocycles. The fourth-order valence-corrected chi connectivity index (χ4v) is 3.55. The lowest BCUT2D eigenvalue weighted by Crippen LogP contribution is -2.57. The first-order valence-corrected chi connectivity index (χ1v) is 8.82. The summed E-state index contributed by atoms with van der Waals surface area (Å²) in [6.45, 7) is 2.32. The van der Waals surface area contributed by atoms with Crippen LogP contribution in [0.4, 0.5) is 4.39 Å². The largest absolute Gasteiger partial charge is 0.481 e. The highest BCUT2D eigenvalue weighted by Crippen LogP contribution is 2.35. The molecule has 1 aliphatic rings. The van der Waals surface area contributed by atoms with Crippen LogP contribution in [-0.4, -0.2) is 46.2 Å². The second-order valence-electron chi connectivity index (χ2n) is 6.81. The molecule has 1 fully saturated rings. The van der Waals surface area contributed by atoms with Gasteiger partial charge in [-0.3, -0.25) is 9.59 Å². The fourth-order valence-electron chi connectivity index (χ4n) is 3.55. The van der Waals surface area contributed by atoms with Crippen molar-refractivity contribution in [2.75, 3.05) is 13.1 Å². The maximum Gasteiger partial charge on any atom is 0.314 e. The van der Waals surface area contributed by atoms with E-state index in [1.807, 2.05) is 6.92 Å². The monoisotopic (exact) mass is 351 g/mol. The van der Waals surface area contributed by atoms with E-state index in [0.717, 1.165) is 5.56 Å². The van der Waals surface area contributed by atoms with Gasteiger partial charge in [0, 0.05) is 19.5 Å². The molecule has 0 bridgehead atoms. The van der Waals surface area contributed by atoms with Crippen LogP contribution in [-0.2, 0) is 16.0 Å². The third-order valence-corrected chi connectivity index (χ3v) is 5.03. The Labute approximate surface area is 147 Å². The van der Waals surface area contributed by atoms with Crippen LogP contribution in [0.3, 0.4) is 0 Å². The normalized spacial score (nSPS) is 23.5. The van der Waals surface area contributed by atoms with Crippen molar-refractivity contribution in [3.05, 3.63) is 35.6 Å². The van der Waals surface area contributed by atoms with E-state index in [4.69, 9.17) is 0 Å². The van der Waals surface area contributed by atoms with Gasteiger partial charge in [0.15, 0.2) is 0 Å². The molecule has 2 N–H and O–H groups in total. The first-order chi connectivity index (χ1) is 11.9. The molecule has 2 atom stereocenters. The van der Waals surface area contributed by atoms with Gasteiger partial charge >= 0.3 is 5.97 Å². The summed E-state index contributed by atoms with van der Waals surface area (Å²) in [6.07, 6.45) is 1.96. The second kappa shape index (κ2) is 8.43. The van der Waals surface area contributed by atoms with E-state index in [-0.39, 0.29) is 24.7 Å². The molecule has 0 radical (unpaired) electrons. The van der Waals surface area contributed by atoms with Crippen molar-refractivity contribution in [3.63, 3.8) is 0 Å². The van der Waals surface area contributed by atoms with E-state index in [2.05, 4.69) is 0 Å². The Morgan fingerprint density at radius 2 is 2.00 bits per heavy atom. The average Bonchev–Trinajstić information content (AvgIpc) is 2.58. The third-order valence-electron chi connectivity index (χ3n) is 5.03. The number of aliphatic carboxylic acids is 1. The van der Waals surface area contributed by atoms with Crippen LogP contribution in [0.1, 0.15) is 44.6 Å². The number of aliphatic hydroxyl groups is 1. The van der Waals surface area contributed by atoms with Crippen molar-refractivity contribution < 1.29 is 24.2 Å². The Hall–Kier alpha value is -1.95. The fraction of sp³-hybridized carbons (Fsp3) is 0.579. The Balaban J connectivity index is 1.92. The standard InChI is InChI=1S/C19H26FNO4/c1-2-11-19(18(24)25)13-21(12-10-16(19)22)17(23)5-3-4-14-6-8-15(20)9-7-14/h6-9,16,22H,2-5,10-13H2,1H3,(H,24,25)/t16-,19+/m0/s1. The molecule has 0 unspecified atom stereocenters. The number of benzene rings is 1. The minimum absolute atomic E-state index is 0.0622. The minimum atomic E-state index is -1.26. The zero-order valence-corrected chi connectivity index (χ0v) is 14.6. The van der Waals surface area contributed by atoms with Crippen LogP contribution < -0.4 is 0 Å². The molecule has 1 aromatic rings. The van der Waals surface area contributed by atoms with Crippen LogP contribution in [0.25, 0.3) is 0 Å². The zero-order valence-electron chi connectivity index (χ0n) is 14.6. The maximum absolute atomic E-state index is 12.9. The number of nitrogens with zero attached hydrogens (tertiary/aromatic N) is 1. The number of carbonyl (C=O) groups is 2. The zero-order chi connectivity index (χ0) is 18.4. The van der Waals surface area contributed by atoms with Crippen LogP contribution in [0.5, 0.6) is 0 Å². The molecule has 25 heavy (non-hydrogen) atoms. The Morgan fingerprint density at radius 3 is 2.60 bits per heavy atom. The molecule has 0 aromatic heterocycles. The number of rotatable bonds is 7. The molecule has 138 valence electrons. The number of aryl methyl sites for hydroxylation is 1. The van der Waals surface area contributed by atoms with Crippen molar-refractivity contribution in [1.29, 1.82) is 0 Å². The summed E-state index contributed by atoms with van der Waals surface area (Å²) in [5.74, 6) is -1.41. The van der Waals surface area contributed by atoms with Gasteiger partial charge in [0.2, 0.25) is 5.91 Å². The molecule has 1 aromatic carbocycles. The number of hydrogen-bond donors (Lipinski definition) is 2. The molecule has 1 amide bonds. The summed E-state index contributed by atoms with van der Waals surface area (Å²) >= 11 is 0. The molecular weight excluding hydrogens is 325 g/mol. The van der Waals surface area contributed by atoms with Crippen molar-refractivity contribution in [2.45, 2.75) is 51.6 Å². The predicted molar refractivity (Wildman–Crippen MR) is 91.5 cm³/mol. The van der Waals surface area contributed by atoms with Gasteiger partial charge in [-0.15, -0.1) is 0 Å². The Kier molecular flexibility index (Phi) is 6.53. The smallest absolute Gasteiger partial charge is 0.314 e. The molecular formula is C19H26FNO4. The second-order valence-corrected chi connectivity index (χ2v) is 6.81. The van der Waals surface area contributed by atoms with E-state index in [1.165, 1.54) is 12.1 Å². The van der Waals surface area contributed by atoms with Crippen molar-refractivity contribution in [3.8, 4) is 0 Å². The SMILES string of the molecule is CCC[C@@]1(C(=O)O)CN(C(=O)CCCc2ccc(F)cc2)CC[C@@H]1O. The molecule has 2 rings (SSSR count). The average molecular weight is 351 g/mol. The summed E-state index contributed by atoms with van der Waals surface area (Å²) in [5.41, 5.74) is -0.297. The molecule has 1 aliphatic heterocycles. The number of hydrogen-bond acceptors (Lipinski definition) is 3. The van der Waals surface area contributed by atoms with Gasteiger partial charge in [0.25, 0.3) is 0 Å². The molecule has 1 heterocycles. The van der Waals surface area contributed by atoms with Gasteiger partial charge in [0.05, 0.1) is 6.10 Å². The highest BCUT2D eigenvalue weighted by atomic mass is 19.1. The van der Waals surface area contributed by atoms with Crippen molar-refractivity contribution in [2.24, 2.45) is 5.41 Å². The Morgan fingerprint density at radius 1 is 1.32 bits per heavy atom. The van der Waals surface area contributed by atoms with E-state index < -0.39 is 17.5 Å². The number of amides is 1. The molecule has 6 heteroatoms. The van der Waals surface area contributed by atoms with Crippen LogP contribution >= 0.6 is 0 Å². The highest BCUT2D eigenvalue weighted by Gasteiger charge is 2.49. The number of carboxylic acid groups (broad SMARTS) is 1. The summed E-state index contributed by atoms with van der Waals surface area (Å²) in [5, 5.41) is 19.8. The highest BCUT2D eigenvalue weighted by molar-refractivity contribution is 5.80. The molecule has 1 saturated heterocycles. The first-order valence-electron chi connectivity index (χ1n) is 8.82. The lowest BCUT2D eigenvalue weighted by molar-refractivity contribution is -0.166. The maximum atomic E-state index is 12.9. The third kappa shape index (κ3) is 4.57. The first kappa shape index (κ1) is 19.4. The number of carboxylic acids is 1. The number of halogens is 1. The van der Waals surface area contributed by atoms with E-state index in [9.17, 15) is 24.2 Å². The Bertz CT molecular complexity index is 604. The molecule has 0 aliphatic carbocycles. The van der Waals surface area contributed by atoms with Crippen molar-refractivity contribution in [1.82, 2.24) is 4.90 Å². The lowest BCUT2D eigenvalue weighted by Gasteiger charge is -2.43. The minimum Gasteiger partial charge on any atom is -0.481 e. The topological polar surface area (TPSA) is 77.8 Å². The van der Waals surface area contributed by atoms with Gasteiger partial charge in [-0.25, -0.2) is 4.39 Å². The van der Waals surface area contributed by atoms with E-state index in [0.29, 0.717) is 38.6 Å². The van der Waals surface area contributed by atoms with Crippen LogP contribution in [0.2, 0.25) is 0 Å². The molecule has 0 spiro atoms. The number of likely N-dealkylation sites (tertiary alicyclic amines) is 1. The van der Waals surface area contributed by atoms with Crippen molar-refractivity contribution >= 4 is 11.9 Å². The quantitative estimate of drug-likeness (QED) is 0.792. The van der Waals surface area contributed by atoms with E-state index >= 15 is 0 Å². The number of piperidine rings is 1. The summed E-state index contributed by atoms with van der Waals surface area (Å²) in [7, 11) is 0. The van der Waals surface area contributed by atoms with Gasteiger partial charge in [0.1, 0.15) is 11.2 Å². The van der Waals surface area contributed by atoms with Gasteiger partial charge in [-0.2, -0.15) is 0 Å². The summed E-state index contributed by atoms with van der Waals surface area (Å²) in [4.78, 5) is 25.8. The van der Waals surface area contributed by atoms with Crippen LogP contribution in [0, 0.1) is 11.2 Å². The van der Waals surface area contributed by atoms with E-state index in [1.54, 1.807) is 17.0 Å². The van der Waals surface area contributed by atoms with Gasteiger partial charge in [-0.1, -0.05) is 25.5 Å².